The molecule has 1 aromatic rings. The van der Waals surface area contributed by atoms with Gasteiger partial charge < -0.3 is 9.64 Å². The Morgan fingerprint density at radius 3 is 2.67 bits per heavy atom. The minimum atomic E-state index is -3.69. The highest BCUT2D eigenvalue weighted by Gasteiger charge is 2.36. The number of likely N-dealkylation sites (tertiary alicyclic amines) is 1. The number of ether oxygens (including phenoxy) is 1. The fourth-order valence-corrected chi connectivity index (χ4v) is 4.38. The molecule has 2 aliphatic heterocycles. The van der Waals surface area contributed by atoms with Crippen LogP contribution in [0.3, 0.4) is 0 Å². The Morgan fingerprint density at radius 1 is 1.26 bits per heavy atom. The summed E-state index contributed by atoms with van der Waals surface area (Å²) >= 11 is 0. The fraction of sp³-hybridized carbons (Fsp3) is 0.526. The smallest absolute Gasteiger partial charge is 0.311 e. The van der Waals surface area contributed by atoms with Crippen molar-refractivity contribution >= 4 is 27.6 Å². The van der Waals surface area contributed by atoms with Crippen LogP contribution in [0.1, 0.15) is 39.2 Å². The Kier molecular flexibility index (Phi) is 5.12. The molecule has 1 fully saturated rings. The SMILES string of the molecule is CC(C)(C)C(=O)COC(=O)[C@H]1CCCN(C2=NS(=O)(=O)c3ccccc32)C1. The maximum atomic E-state index is 12.4. The number of Topliss-reactive ketones (excluding diaryl/α,β-unsaturated/α-hetero) is 1. The maximum absolute atomic E-state index is 12.4. The van der Waals surface area contributed by atoms with Gasteiger partial charge in [0.25, 0.3) is 10.0 Å². The van der Waals surface area contributed by atoms with Gasteiger partial charge in [-0.3, -0.25) is 9.59 Å². The summed E-state index contributed by atoms with van der Waals surface area (Å²) in [7, 11) is -3.69. The van der Waals surface area contributed by atoms with Crippen LogP contribution in [0, 0.1) is 11.3 Å². The van der Waals surface area contributed by atoms with Gasteiger partial charge in [0, 0.05) is 24.1 Å². The van der Waals surface area contributed by atoms with E-state index in [0.29, 0.717) is 37.3 Å². The molecule has 0 unspecified atom stereocenters. The van der Waals surface area contributed by atoms with E-state index < -0.39 is 27.3 Å². The van der Waals surface area contributed by atoms with Crippen LogP contribution in [0.4, 0.5) is 0 Å². The zero-order valence-electron chi connectivity index (χ0n) is 15.8. The van der Waals surface area contributed by atoms with Gasteiger partial charge in [-0.1, -0.05) is 32.9 Å². The molecule has 2 aliphatic rings. The van der Waals surface area contributed by atoms with Gasteiger partial charge in [0.05, 0.1) is 5.92 Å². The number of amidine groups is 1. The second kappa shape index (κ2) is 7.07. The van der Waals surface area contributed by atoms with Crippen molar-refractivity contribution in [3.63, 3.8) is 0 Å². The van der Waals surface area contributed by atoms with Crippen molar-refractivity contribution in [3.05, 3.63) is 29.8 Å². The van der Waals surface area contributed by atoms with Gasteiger partial charge in [-0.15, -0.1) is 4.40 Å². The molecule has 0 spiro atoms. The highest BCUT2D eigenvalue weighted by Crippen LogP contribution is 2.30. The lowest BCUT2D eigenvalue weighted by molar-refractivity contribution is -0.155. The average molecular weight is 392 g/mol. The Labute approximate surface area is 159 Å². The van der Waals surface area contributed by atoms with E-state index in [-0.39, 0.29) is 17.3 Å². The normalized spacial score (nSPS) is 21.4. The van der Waals surface area contributed by atoms with Gasteiger partial charge in [-0.2, -0.15) is 8.42 Å². The number of ketones is 1. The Morgan fingerprint density at radius 2 is 1.96 bits per heavy atom. The van der Waals surface area contributed by atoms with E-state index in [4.69, 9.17) is 4.74 Å². The third-order valence-electron chi connectivity index (χ3n) is 4.85. The summed E-state index contributed by atoms with van der Waals surface area (Å²) in [5.74, 6) is -0.589. The zero-order valence-corrected chi connectivity index (χ0v) is 16.6. The number of fused-ring (bicyclic) bond motifs is 1. The van der Waals surface area contributed by atoms with Crippen molar-refractivity contribution in [1.29, 1.82) is 0 Å². The van der Waals surface area contributed by atoms with Gasteiger partial charge in [0.2, 0.25) is 0 Å². The number of esters is 1. The Hall–Kier alpha value is -2.22. The largest absolute Gasteiger partial charge is 0.457 e. The molecule has 0 N–H and O–H groups in total. The molecule has 8 heteroatoms. The van der Waals surface area contributed by atoms with E-state index >= 15 is 0 Å². The number of sulfonamides is 1. The van der Waals surface area contributed by atoms with E-state index in [0.717, 1.165) is 0 Å². The number of hydrogen-bond donors (Lipinski definition) is 0. The first kappa shape index (κ1) is 19.5. The standard InChI is InChI=1S/C19H24N2O5S/c1-19(2,3)16(22)12-26-18(23)13-7-6-10-21(11-13)17-14-8-4-5-9-15(14)27(24,25)20-17/h4-5,8-9,13H,6-7,10-12H2,1-3H3/t13-/m0/s1. The summed E-state index contributed by atoms with van der Waals surface area (Å²) < 4.78 is 33.6. The molecule has 1 atom stereocenters. The molecule has 0 bridgehead atoms. The number of benzene rings is 1. The summed E-state index contributed by atoms with van der Waals surface area (Å²) in [5, 5.41) is 0. The summed E-state index contributed by atoms with van der Waals surface area (Å²) in [5.41, 5.74) is 0.00429. The van der Waals surface area contributed by atoms with Crippen molar-refractivity contribution in [2.75, 3.05) is 19.7 Å². The molecule has 0 amide bonds. The first-order valence-corrected chi connectivity index (χ1v) is 10.4. The van der Waals surface area contributed by atoms with E-state index in [2.05, 4.69) is 4.40 Å². The van der Waals surface area contributed by atoms with Crippen LogP contribution >= 0.6 is 0 Å². The first-order valence-electron chi connectivity index (χ1n) is 8.99. The zero-order chi connectivity index (χ0) is 19.8. The minimum absolute atomic E-state index is 0.135. The fourth-order valence-electron chi connectivity index (χ4n) is 3.15. The lowest BCUT2D eigenvalue weighted by Crippen LogP contribution is -2.43. The third-order valence-corrected chi connectivity index (χ3v) is 6.17. The lowest BCUT2D eigenvalue weighted by Gasteiger charge is -2.33. The molecule has 0 radical (unpaired) electrons. The van der Waals surface area contributed by atoms with Gasteiger partial charge in [0.1, 0.15) is 4.90 Å². The van der Waals surface area contributed by atoms with Crippen molar-refractivity contribution in [3.8, 4) is 0 Å². The second-order valence-corrected chi connectivity index (χ2v) is 9.52. The second-order valence-electron chi connectivity index (χ2n) is 7.95. The van der Waals surface area contributed by atoms with E-state index in [9.17, 15) is 18.0 Å². The van der Waals surface area contributed by atoms with Gasteiger partial charge in [0.15, 0.2) is 18.2 Å². The van der Waals surface area contributed by atoms with E-state index in [1.807, 2.05) is 4.90 Å². The predicted molar refractivity (Wildman–Crippen MR) is 99.9 cm³/mol. The topological polar surface area (TPSA) is 93.1 Å². The number of nitrogens with zero attached hydrogens (tertiary/aromatic N) is 2. The molecule has 27 heavy (non-hydrogen) atoms. The van der Waals surface area contributed by atoms with Crippen molar-refractivity contribution in [2.24, 2.45) is 15.7 Å². The first-order chi connectivity index (χ1) is 12.6. The quantitative estimate of drug-likeness (QED) is 0.731. The summed E-state index contributed by atoms with van der Waals surface area (Å²) in [6, 6.07) is 6.69. The molecular formula is C19H24N2O5S. The molecule has 0 saturated carbocycles. The van der Waals surface area contributed by atoms with Crippen molar-refractivity contribution in [1.82, 2.24) is 4.90 Å². The average Bonchev–Trinajstić information content (AvgIpc) is 2.90. The molecule has 1 aromatic carbocycles. The predicted octanol–water partition coefficient (Wildman–Crippen LogP) is 2.01. The summed E-state index contributed by atoms with van der Waals surface area (Å²) in [6.07, 6.45) is 1.36. The summed E-state index contributed by atoms with van der Waals surface area (Å²) in [4.78, 5) is 26.4. The monoisotopic (exact) mass is 392 g/mol. The molecular weight excluding hydrogens is 368 g/mol. The van der Waals surface area contributed by atoms with Crippen LogP contribution < -0.4 is 0 Å². The molecule has 2 heterocycles. The van der Waals surface area contributed by atoms with Crippen LogP contribution in [-0.4, -0.2) is 50.6 Å². The Bertz CT molecular complexity index is 899. The number of hydrogen-bond acceptors (Lipinski definition) is 6. The highest BCUT2D eigenvalue weighted by atomic mass is 32.2. The van der Waals surface area contributed by atoms with E-state index in [1.54, 1.807) is 39.0 Å². The Balaban J connectivity index is 1.70. The molecule has 1 saturated heterocycles. The lowest BCUT2D eigenvalue weighted by atomic mass is 9.91. The molecule has 0 aliphatic carbocycles. The van der Waals surface area contributed by atoms with Gasteiger partial charge in [-0.05, 0) is 25.0 Å². The summed E-state index contributed by atoms with van der Waals surface area (Å²) in [6.45, 7) is 6.04. The van der Waals surface area contributed by atoms with Crippen LogP contribution in [0.2, 0.25) is 0 Å². The number of rotatable bonds is 3. The molecule has 7 nitrogen and oxygen atoms in total. The van der Waals surface area contributed by atoms with Gasteiger partial charge >= 0.3 is 5.97 Å². The van der Waals surface area contributed by atoms with Crippen LogP contribution in [-0.2, 0) is 24.3 Å². The van der Waals surface area contributed by atoms with Crippen molar-refractivity contribution < 1.29 is 22.7 Å². The minimum Gasteiger partial charge on any atom is -0.457 e. The van der Waals surface area contributed by atoms with Crippen LogP contribution in [0.25, 0.3) is 0 Å². The van der Waals surface area contributed by atoms with Crippen LogP contribution in [0.5, 0.6) is 0 Å². The number of carbonyl (C=O) groups excluding carboxylic acids is 2. The van der Waals surface area contributed by atoms with Crippen molar-refractivity contribution in [2.45, 2.75) is 38.5 Å². The third kappa shape index (κ3) is 4.05. The van der Waals surface area contributed by atoms with Crippen LogP contribution in [0.15, 0.2) is 33.6 Å². The van der Waals surface area contributed by atoms with E-state index in [1.165, 1.54) is 6.07 Å². The molecule has 3 rings (SSSR count). The maximum Gasteiger partial charge on any atom is 0.311 e. The van der Waals surface area contributed by atoms with Gasteiger partial charge in [-0.25, -0.2) is 0 Å². The number of piperidine rings is 1. The molecule has 0 aromatic heterocycles. The highest BCUT2D eigenvalue weighted by molar-refractivity contribution is 7.90. The number of carbonyl (C=O) groups is 2. The molecule has 146 valence electrons.